The van der Waals surface area contributed by atoms with Crippen LogP contribution in [0.15, 0.2) is 41.0 Å². The van der Waals surface area contributed by atoms with Crippen molar-refractivity contribution in [3.63, 3.8) is 0 Å². The van der Waals surface area contributed by atoms with Crippen LogP contribution in [0.1, 0.15) is 23.0 Å². The van der Waals surface area contributed by atoms with Crippen molar-refractivity contribution in [1.29, 1.82) is 0 Å². The van der Waals surface area contributed by atoms with Crippen molar-refractivity contribution in [3.8, 4) is 0 Å². The van der Waals surface area contributed by atoms with E-state index in [0.717, 1.165) is 12.1 Å². The molecule has 1 amide bonds. The Labute approximate surface area is 137 Å². The number of esters is 1. The highest BCUT2D eigenvalue weighted by Crippen LogP contribution is 2.16. The van der Waals surface area contributed by atoms with Gasteiger partial charge in [0.05, 0.1) is 25.8 Å². The van der Waals surface area contributed by atoms with E-state index in [1.807, 2.05) is 0 Å². The fraction of sp³-hybridized carbons (Fsp3) is 0.294. The molecule has 0 saturated heterocycles. The van der Waals surface area contributed by atoms with Crippen LogP contribution in [-0.4, -0.2) is 30.4 Å². The highest BCUT2D eigenvalue weighted by Gasteiger charge is 2.24. The number of hydrogen-bond donors (Lipinski definition) is 0. The van der Waals surface area contributed by atoms with Crippen LogP contribution in [0.5, 0.6) is 0 Å². The van der Waals surface area contributed by atoms with Crippen LogP contribution < -0.4 is 0 Å². The molecule has 0 aliphatic rings. The molecule has 24 heavy (non-hydrogen) atoms. The molecule has 2 rings (SSSR count). The molecular formula is C17H17F2NO4. The SMILES string of the molecule is COC(=O)C(C)CN(Cc1ccco1)C(=O)c1ccc(F)c(F)c1. The number of benzene rings is 1. The molecule has 5 nitrogen and oxygen atoms in total. The lowest BCUT2D eigenvalue weighted by Gasteiger charge is -2.24. The molecule has 0 aliphatic carbocycles. The zero-order chi connectivity index (χ0) is 17.7. The van der Waals surface area contributed by atoms with Gasteiger partial charge in [-0.05, 0) is 30.3 Å². The lowest BCUT2D eigenvalue weighted by atomic mass is 10.1. The van der Waals surface area contributed by atoms with Crippen molar-refractivity contribution in [1.82, 2.24) is 4.90 Å². The Morgan fingerprint density at radius 1 is 1.25 bits per heavy atom. The normalized spacial score (nSPS) is 11.8. The van der Waals surface area contributed by atoms with E-state index < -0.39 is 29.4 Å². The molecule has 0 saturated carbocycles. The zero-order valence-corrected chi connectivity index (χ0v) is 13.3. The highest BCUT2D eigenvalue weighted by atomic mass is 19.2. The third-order valence-electron chi connectivity index (χ3n) is 3.48. The first-order valence-electron chi connectivity index (χ1n) is 7.27. The van der Waals surface area contributed by atoms with Crippen LogP contribution in [0.2, 0.25) is 0 Å². The number of rotatable bonds is 6. The lowest BCUT2D eigenvalue weighted by molar-refractivity contribution is -0.145. The summed E-state index contributed by atoms with van der Waals surface area (Å²) in [5.41, 5.74) is -0.0162. The zero-order valence-electron chi connectivity index (χ0n) is 13.3. The topological polar surface area (TPSA) is 59.8 Å². The molecule has 0 spiro atoms. The molecule has 7 heteroatoms. The second-order valence-electron chi connectivity index (χ2n) is 5.32. The molecule has 1 aromatic carbocycles. The molecule has 1 unspecified atom stereocenters. The van der Waals surface area contributed by atoms with E-state index in [9.17, 15) is 18.4 Å². The minimum atomic E-state index is -1.11. The third kappa shape index (κ3) is 4.18. The molecule has 2 aromatic rings. The van der Waals surface area contributed by atoms with E-state index in [0.29, 0.717) is 5.76 Å². The van der Waals surface area contributed by atoms with Crippen LogP contribution in [0, 0.1) is 17.6 Å². The molecule has 0 radical (unpaired) electrons. The Hall–Kier alpha value is -2.70. The number of nitrogens with zero attached hydrogens (tertiary/aromatic N) is 1. The van der Waals surface area contributed by atoms with Crippen molar-refractivity contribution in [2.45, 2.75) is 13.5 Å². The Bertz CT molecular complexity index is 715. The Balaban J connectivity index is 2.24. The minimum Gasteiger partial charge on any atom is -0.469 e. The average molecular weight is 337 g/mol. The number of carbonyl (C=O) groups excluding carboxylic acids is 2. The van der Waals surface area contributed by atoms with Gasteiger partial charge in [-0.2, -0.15) is 0 Å². The van der Waals surface area contributed by atoms with Crippen molar-refractivity contribution in [2.24, 2.45) is 5.92 Å². The maximum atomic E-state index is 13.4. The van der Waals surface area contributed by atoms with Crippen molar-refractivity contribution in [3.05, 3.63) is 59.6 Å². The molecule has 1 aromatic heterocycles. The fourth-order valence-corrected chi connectivity index (χ4v) is 2.23. The van der Waals surface area contributed by atoms with Crippen LogP contribution in [0.4, 0.5) is 8.78 Å². The number of furan rings is 1. The highest BCUT2D eigenvalue weighted by molar-refractivity contribution is 5.94. The minimum absolute atomic E-state index is 0.0162. The van der Waals surface area contributed by atoms with Gasteiger partial charge >= 0.3 is 5.97 Å². The first-order chi connectivity index (χ1) is 11.4. The predicted molar refractivity (Wildman–Crippen MR) is 81.0 cm³/mol. The van der Waals surface area contributed by atoms with E-state index >= 15 is 0 Å². The monoisotopic (exact) mass is 337 g/mol. The Morgan fingerprint density at radius 2 is 2.00 bits per heavy atom. The van der Waals surface area contributed by atoms with Crippen LogP contribution in [0.3, 0.4) is 0 Å². The van der Waals surface area contributed by atoms with Gasteiger partial charge < -0.3 is 14.1 Å². The summed E-state index contributed by atoms with van der Waals surface area (Å²) in [5.74, 6) is -3.24. The van der Waals surface area contributed by atoms with Gasteiger partial charge in [0.1, 0.15) is 5.76 Å². The van der Waals surface area contributed by atoms with Gasteiger partial charge in [0.2, 0.25) is 0 Å². The summed E-state index contributed by atoms with van der Waals surface area (Å²) < 4.78 is 36.3. The standard InChI is InChI=1S/C17H17F2NO4/c1-11(17(22)23-2)9-20(10-13-4-3-7-24-13)16(21)12-5-6-14(18)15(19)8-12/h3-8,11H,9-10H2,1-2H3. The molecule has 0 N–H and O–H groups in total. The van der Waals surface area contributed by atoms with E-state index in [1.54, 1.807) is 19.1 Å². The van der Waals surface area contributed by atoms with Gasteiger partial charge in [-0.1, -0.05) is 6.92 Å². The summed E-state index contributed by atoms with van der Waals surface area (Å²) in [6.07, 6.45) is 1.46. The molecule has 0 aliphatic heterocycles. The van der Waals surface area contributed by atoms with E-state index in [1.165, 1.54) is 24.3 Å². The first kappa shape index (κ1) is 17.7. The van der Waals surface area contributed by atoms with E-state index in [-0.39, 0.29) is 18.7 Å². The van der Waals surface area contributed by atoms with Gasteiger partial charge in [0, 0.05) is 12.1 Å². The van der Waals surface area contributed by atoms with Crippen molar-refractivity contribution in [2.75, 3.05) is 13.7 Å². The average Bonchev–Trinajstić information content (AvgIpc) is 3.08. The second kappa shape index (κ2) is 7.72. The Kier molecular flexibility index (Phi) is 5.68. The van der Waals surface area contributed by atoms with Gasteiger partial charge in [0.15, 0.2) is 11.6 Å². The molecular weight excluding hydrogens is 320 g/mol. The number of amides is 1. The number of hydrogen-bond acceptors (Lipinski definition) is 4. The number of halogens is 2. The fourth-order valence-electron chi connectivity index (χ4n) is 2.23. The first-order valence-corrected chi connectivity index (χ1v) is 7.27. The van der Waals surface area contributed by atoms with Gasteiger partial charge in [-0.25, -0.2) is 8.78 Å². The van der Waals surface area contributed by atoms with Crippen LogP contribution in [-0.2, 0) is 16.1 Å². The van der Waals surface area contributed by atoms with Crippen molar-refractivity contribution >= 4 is 11.9 Å². The predicted octanol–water partition coefficient (Wildman–Crippen LogP) is 3.01. The number of methoxy groups -OCH3 is 1. The molecule has 0 bridgehead atoms. The van der Waals surface area contributed by atoms with Gasteiger partial charge in [-0.15, -0.1) is 0 Å². The van der Waals surface area contributed by atoms with Crippen LogP contribution in [0.25, 0.3) is 0 Å². The quantitative estimate of drug-likeness (QED) is 0.760. The number of carbonyl (C=O) groups is 2. The summed E-state index contributed by atoms with van der Waals surface area (Å²) in [6, 6.07) is 6.25. The lowest BCUT2D eigenvalue weighted by Crippen LogP contribution is -2.36. The molecule has 1 heterocycles. The maximum Gasteiger partial charge on any atom is 0.310 e. The summed E-state index contributed by atoms with van der Waals surface area (Å²) in [4.78, 5) is 25.6. The third-order valence-corrected chi connectivity index (χ3v) is 3.48. The van der Waals surface area contributed by atoms with Crippen molar-refractivity contribution < 1.29 is 27.5 Å². The Morgan fingerprint density at radius 3 is 2.58 bits per heavy atom. The molecule has 0 fully saturated rings. The molecule has 128 valence electrons. The smallest absolute Gasteiger partial charge is 0.310 e. The van der Waals surface area contributed by atoms with Gasteiger partial charge in [-0.3, -0.25) is 9.59 Å². The summed E-state index contributed by atoms with van der Waals surface area (Å²) in [7, 11) is 1.26. The molecule has 1 atom stereocenters. The summed E-state index contributed by atoms with van der Waals surface area (Å²) >= 11 is 0. The van der Waals surface area contributed by atoms with Gasteiger partial charge in [0.25, 0.3) is 5.91 Å². The van der Waals surface area contributed by atoms with E-state index in [4.69, 9.17) is 4.42 Å². The second-order valence-corrected chi connectivity index (χ2v) is 5.32. The summed E-state index contributed by atoms with van der Waals surface area (Å²) in [5, 5.41) is 0. The largest absolute Gasteiger partial charge is 0.469 e. The summed E-state index contributed by atoms with van der Waals surface area (Å²) in [6.45, 7) is 1.75. The van der Waals surface area contributed by atoms with Crippen LogP contribution >= 0.6 is 0 Å². The van der Waals surface area contributed by atoms with E-state index in [2.05, 4.69) is 4.74 Å². The maximum absolute atomic E-state index is 13.4. The number of ether oxygens (including phenoxy) is 1.